The number of alkyl halides is 3. The number of rotatable bonds is 2. The van der Waals surface area contributed by atoms with E-state index in [1.807, 2.05) is 0 Å². The summed E-state index contributed by atoms with van der Waals surface area (Å²) in [6, 6.07) is 3.55. The number of hydrogen-bond donors (Lipinski definition) is 0. The number of nitrogens with zero attached hydrogens (tertiary/aromatic N) is 3. The quantitative estimate of drug-likeness (QED) is 0.819. The molecule has 1 amide bonds. The highest BCUT2D eigenvalue weighted by Gasteiger charge is 2.42. The van der Waals surface area contributed by atoms with Gasteiger partial charge in [-0.05, 0) is 31.0 Å². The number of hydrogen-bond acceptors (Lipinski definition) is 3. The fraction of sp³-hybridized carbons (Fsp3) is 0.556. The Morgan fingerprint density at radius 3 is 2.81 bits per heavy atom. The number of piperidine rings is 1. The summed E-state index contributed by atoms with van der Waals surface area (Å²) in [5.41, 5.74) is 0.213. The molecule has 1 spiro atoms. The molecule has 2 saturated heterocycles. The highest BCUT2D eigenvalue weighted by atomic mass is 19.4. The zero-order valence-corrected chi connectivity index (χ0v) is 14.5. The van der Waals surface area contributed by atoms with Gasteiger partial charge in [0.1, 0.15) is 5.82 Å². The largest absolute Gasteiger partial charge is 0.416 e. The van der Waals surface area contributed by atoms with E-state index in [0.29, 0.717) is 49.6 Å². The number of benzene rings is 1. The molecule has 1 atom stereocenters. The molecule has 2 aromatic rings. The van der Waals surface area contributed by atoms with Crippen LogP contribution in [0.15, 0.2) is 18.2 Å². The van der Waals surface area contributed by atoms with Crippen molar-refractivity contribution in [2.75, 3.05) is 19.8 Å². The summed E-state index contributed by atoms with van der Waals surface area (Å²) in [4.78, 5) is 18.5. The van der Waals surface area contributed by atoms with Crippen LogP contribution in [0.3, 0.4) is 0 Å². The predicted octanol–water partition coefficient (Wildman–Crippen LogP) is 3.12. The molecule has 2 aliphatic rings. The van der Waals surface area contributed by atoms with Gasteiger partial charge < -0.3 is 14.2 Å². The van der Waals surface area contributed by atoms with E-state index in [9.17, 15) is 18.0 Å². The molecule has 0 saturated carbocycles. The van der Waals surface area contributed by atoms with Crippen molar-refractivity contribution in [3.63, 3.8) is 0 Å². The maximum Gasteiger partial charge on any atom is 0.416 e. The molecule has 3 heterocycles. The van der Waals surface area contributed by atoms with Crippen molar-refractivity contribution in [3.05, 3.63) is 29.6 Å². The lowest BCUT2D eigenvalue weighted by Gasteiger charge is -2.39. The number of aromatic nitrogens is 2. The Kier molecular flexibility index (Phi) is 3.98. The smallest absolute Gasteiger partial charge is 0.381 e. The first-order valence-electron chi connectivity index (χ1n) is 8.66. The molecular weight excluding hydrogens is 347 g/mol. The van der Waals surface area contributed by atoms with Crippen LogP contribution < -0.4 is 0 Å². The fourth-order valence-corrected chi connectivity index (χ4v) is 3.96. The van der Waals surface area contributed by atoms with E-state index in [1.54, 1.807) is 16.5 Å². The lowest BCUT2D eigenvalue weighted by atomic mass is 9.79. The maximum absolute atomic E-state index is 12.9. The van der Waals surface area contributed by atoms with Gasteiger partial charge in [-0.15, -0.1) is 0 Å². The van der Waals surface area contributed by atoms with Crippen molar-refractivity contribution >= 4 is 16.9 Å². The Hall–Kier alpha value is -2.09. The summed E-state index contributed by atoms with van der Waals surface area (Å²) in [5, 5.41) is 0. The molecule has 26 heavy (non-hydrogen) atoms. The van der Waals surface area contributed by atoms with Crippen LogP contribution in [-0.4, -0.2) is 40.1 Å². The predicted molar refractivity (Wildman–Crippen MR) is 88.2 cm³/mol. The average Bonchev–Trinajstić information content (AvgIpc) is 3.16. The van der Waals surface area contributed by atoms with Crippen LogP contribution in [0.5, 0.6) is 0 Å². The molecule has 0 bridgehead atoms. The highest BCUT2D eigenvalue weighted by Crippen LogP contribution is 2.38. The van der Waals surface area contributed by atoms with Crippen molar-refractivity contribution in [1.82, 2.24) is 14.5 Å². The van der Waals surface area contributed by atoms with Crippen molar-refractivity contribution < 1.29 is 22.7 Å². The standard InChI is InChI=1S/C18H20F3N3O2/c1-23-14-3-2-12(18(19,20)21)8-13(14)22-15(23)9-24-10-17(5-4-16(24)25)6-7-26-11-17/h2-3,8H,4-7,9-11H2,1H3. The number of fused-ring (bicyclic) bond motifs is 1. The summed E-state index contributed by atoms with van der Waals surface area (Å²) in [5.74, 6) is 0.647. The summed E-state index contributed by atoms with van der Waals surface area (Å²) >= 11 is 0. The fourth-order valence-electron chi connectivity index (χ4n) is 3.96. The lowest BCUT2D eigenvalue weighted by Crippen LogP contribution is -2.46. The molecule has 1 aromatic carbocycles. The third-order valence-electron chi connectivity index (χ3n) is 5.57. The number of imidazole rings is 1. The van der Waals surface area contributed by atoms with Crippen LogP contribution in [0, 0.1) is 5.41 Å². The zero-order valence-electron chi connectivity index (χ0n) is 14.5. The molecular formula is C18H20F3N3O2. The highest BCUT2D eigenvalue weighted by molar-refractivity contribution is 5.78. The van der Waals surface area contributed by atoms with Crippen molar-refractivity contribution in [1.29, 1.82) is 0 Å². The van der Waals surface area contributed by atoms with Gasteiger partial charge in [-0.1, -0.05) is 0 Å². The maximum atomic E-state index is 12.9. The zero-order chi connectivity index (χ0) is 18.5. The Morgan fingerprint density at radius 1 is 1.31 bits per heavy atom. The van der Waals surface area contributed by atoms with E-state index in [1.165, 1.54) is 6.07 Å². The first-order chi connectivity index (χ1) is 12.3. The monoisotopic (exact) mass is 367 g/mol. The Labute approximate surface area is 148 Å². The van der Waals surface area contributed by atoms with E-state index >= 15 is 0 Å². The second kappa shape index (κ2) is 5.97. The van der Waals surface area contributed by atoms with E-state index in [2.05, 4.69) is 4.98 Å². The van der Waals surface area contributed by atoms with Crippen LogP contribution in [0.2, 0.25) is 0 Å². The third kappa shape index (κ3) is 2.96. The summed E-state index contributed by atoms with van der Waals surface area (Å²) in [6.45, 7) is 2.29. The third-order valence-corrected chi connectivity index (χ3v) is 5.57. The lowest BCUT2D eigenvalue weighted by molar-refractivity contribution is -0.138. The molecule has 1 aromatic heterocycles. The van der Waals surface area contributed by atoms with Crippen LogP contribution in [-0.2, 0) is 29.3 Å². The number of ether oxygens (including phenoxy) is 1. The number of aryl methyl sites for hydroxylation is 1. The number of amides is 1. The average molecular weight is 367 g/mol. The molecule has 0 aliphatic carbocycles. The van der Waals surface area contributed by atoms with Crippen LogP contribution in [0.1, 0.15) is 30.7 Å². The second-order valence-electron chi connectivity index (χ2n) is 7.34. The number of halogens is 3. The molecule has 2 aliphatic heterocycles. The number of carbonyl (C=O) groups is 1. The Bertz CT molecular complexity index is 853. The topological polar surface area (TPSA) is 47.4 Å². The Balaban J connectivity index is 1.62. The first-order valence-corrected chi connectivity index (χ1v) is 8.66. The molecule has 140 valence electrons. The van der Waals surface area contributed by atoms with Gasteiger partial charge in [0.05, 0.1) is 29.7 Å². The van der Waals surface area contributed by atoms with Gasteiger partial charge in [-0.2, -0.15) is 13.2 Å². The van der Waals surface area contributed by atoms with E-state index in [-0.39, 0.29) is 11.3 Å². The van der Waals surface area contributed by atoms with Gasteiger partial charge in [0.25, 0.3) is 0 Å². The van der Waals surface area contributed by atoms with Gasteiger partial charge in [-0.25, -0.2) is 4.98 Å². The van der Waals surface area contributed by atoms with Crippen molar-refractivity contribution in [3.8, 4) is 0 Å². The number of likely N-dealkylation sites (tertiary alicyclic amines) is 1. The van der Waals surface area contributed by atoms with Gasteiger partial charge >= 0.3 is 6.18 Å². The van der Waals surface area contributed by atoms with Crippen molar-refractivity contribution in [2.24, 2.45) is 12.5 Å². The minimum atomic E-state index is -4.40. The molecule has 0 radical (unpaired) electrons. The second-order valence-corrected chi connectivity index (χ2v) is 7.34. The Morgan fingerprint density at radius 2 is 2.12 bits per heavy atom. The normalized spacial score (nSPS) is 24.2. The summed E-state index contributed by atoms with van der Waals surface area (Å²) < 4.78 is 46.0. The molecule has 2 fully saturated rings. The summed E-state index contributed by atoms with van der Waals surface area (Å²) in [7, 11) is 1.76. The molecule has 8 heteroatoms. The van der Waals surface area contributed by atoms with E-state index < -0.39 is 11.7 Å². The minimum Gasteiger partial charge on any atom is -0.381 e. The van der Waals surface area contributed by atoms with Gasteiger partial charge in [0, 0.05) is 32.0 Å². The summed E-state index contributed by atoms with van der Waals surface area (Å²) in [6.07, 6.45) is -2.15. The van der Waals surface area contributed by atoms with Crippen molar-refractivity contribution in [2.45, 2.75) is 32.0 Å². The minimum absolute atomic E-state index is 0.0158. The van der Waals surface area contributed by atoms with E-state index in [4.69, 9.17) is 4.74 Å². The molecule has 5 nitrogen and oxygen atoms in total. The first kappa shape index (κ1) is 17.3. The molecule has 0 N–H and O–H groups in total. The number of carbonyl (C=O) groups excluding carboxylic acids is 1. The van der Waals surface area contributed by atoms with Crippen LogP contribution in [0.4, 0.5) is 13.2 Å². The molecule has 1 unspecified atom stereocenters. The van der Waals surface area contributed by atoms with Gasteiger partial charge in [-0.3, -0.25) is 4.79 Å². The van der Waals surface area contributed by atoms with Crippen LogP contribution in [0.25, 0.3) is 11.0 Å². The van der Waals surface area contributed by atoms with Gasteiger partial charge in [0.2, 0.25) is 5.91 Å². The van der Waals surface area contributed by atoms with Crippen LogP contribution >= 0.6 is 0 Å². The SMILES string of the molecule is Cn1c(CN2CC3(CCOC3)CCC2=O)nc2cc(C(F)(F)F)ccc21. The molecule has 4 rings (SSSR count). The van der Waals surface area contributed by atoms with Gasteiger partial charge in [0.15, 0.2) is 0 Å². The van der Waals surface area contributed by atoms with E-state index in [0.717, 1.165) is 25.0 Å².